The van der Waals surface area contributed by atoms with E-state index in [1.165, 1.54) is 28.9 Å². The van der Waals surface area contributed by atoms with Gasteiger partial charge in [0.2, 0.25) is 0 Å². The lowest BCUT2D eigenvalue weighted by molar-refractivity contribution is 0.482. The minimum Gasteiger partial charge on any atom is -0.295 e. The van der Waals surface area contributed by atoms with Gasteiger partial charge >= 0.3 is 0 Å². The van der Waals surface area contributed by atoms with Gasteiger partial charge in [0, 0.05) is 17.1 Å². The Morgan fingerprint density at radius 2 is 1.64 bits per heavy atom. The Balaban J connectivity index is 2.40. The molecule has 25 heavy (non-hydrogen) atoms. The van der Waals surface area contributed by atoms with Crippen LogP contribution in [0.4, 0.5) is 0 Å². The molecule has 0 atom stereocenters. The van der Waals surface area contributed by atoms with Gasteiger partial charge in [-0.3, -0.25) is 19.0 Å². The molecule has 0 amide bonds. The van der Waals surface area contributed by atoms with E-state index in [4.69, 9.17) is 4.55 Å². The lowest BCUT2D eigenvalue weighted by atomic mass is 10.1. The number of hydrogen-bond donors (Lipinski definition) is 3. The van der Waals surface area contributed by atoms with Crippen molar-refractivity contribution in [1.82, 2.24) is 9.78 Å². The van der Waals surface area contributed by atoms with E-state index in [0.717, 1.165) is 6.07 Å². The molecule has 0 unspecified atom stereocenters. The molecular weight excluding hydrogens is 372 g/mol. The summed E-state index contributed by atoms with van der Waals surface area (Å²) in [7, 11) is -9.47. The molecule has 0 aliphatic carbocycles. The number of aryl methyl sites for hydroxylation is 1. The van der Waals surface area contributed by atoms with Crippen LogP contribution in [0.3, 0.4) is 0 Å². The number of aromatic amines is 1. The minimum absolute atomic E-state index is 0.00782. The molecule has 0 aliphatic heterocycles. The van der Waals surface area contributed by atoms with Gasteiger partial charge in [-0.05, 0) is 36.6 Å². The monoisotopic (exact) mass is 384 g/mol. The van der Waals surface area contributed by atoms with Crippen LogP contribution >= 0.6 is 0 Å². The number of nitrogens with one attached hydrogen (secondary N) is 1. The molecule has 0 saturated heterocycles. The highest BCUT2D eigenvalue weighted by molar-refractivity contribution is 7.86. The fourth-order valence-electron chi connectivity index (χ4n) is 2.49. The zero-order valence-electron chi connectivity index (χ0n) is 12.7. The Labute approximate surface area is 142 Å². The summed E-state index contributed by atoms with van der Waals surface area (Å²) in [5.74, 6) is 0. The molecular formula is C14H12N2O7S2. The minimum atomic E-state index is -4.79. The van der Waals surface area contributed by atoms with Gasteiger partial charge in [0.25, 0.3) is 25.8 Å². The smallest absolute Gasteiger partial charge is 0.295 e. The van der Waals surface area contributed by atoms with Crippen LogP contribution in [0.2, 0.25) is 0 Å². The van der Waals surface area contributed by atoms with Crippen LogP contribution < -0.4 is 5.56 Å². The first-order valence-electron chi connectivity index (χ1n) is 6.79. The van der Waals surface area contributed by atoms with E-state index in [-0.39, 0.29) is 22.0 Å². The first kappa shape index (κ1) is 17.4. The van der Waals surface area contributed by atoms with E-state index in [1.807, 2.05) is 0 Å². The van der Waals surface area contributed by atoms with E-state index < -0.39 is 30.0 Å². The molecule has 3 aromatic rings. The van der Waals surface area contributed by atoms with Crippen molar-refractivity contribution in [1.29, 1.82) is 0 Å². The van der Waals surface area contributed by atoms with Gasteiger partial charge in [0.15, 0.2) is 0 Å². The van der Waals surface area contributed by atoms with Crippen molar-refractivity contribution in [3.8, 4) is 5.69 Å². The number of rotatable bonds is 3. The molecule has 3 N–H and O–H groups in total. The molecule has 0 fully saturated rings. The molecule has 9 nitrogen and oxygen atoms in total. The Morgan fingerprint density at radius 1 is 0.960 bits per heavy atom. The molecule has 1 aromatic heterocycles. The Bertz CT molecular complexity index is 1270. The summed E-state index contributed by atoms with van der Waals surface area (Å²) in [5, 5.41) is 2.91. The molecule has 0 radical (unpaired) electrons. The number of benzene rings is 2. The van der Waals surface area contributed by atoms with Crippen LogP contribution in [0.25, 0.3) is 16.5 Å². The quantitative estimate of drug-likeness (QED) is 0.573. The summed E-state index contributed by atoms with van der Waals surface area (Å²) in [4.78, 5) is 10.5. The van der Waals surface area contributed by atoms with E-state index in [0.29, 0.717) is 11.8 Å². The predicted molar refractivity (Wildman–Crippen MR) is 88.3 cm³/mol. The van der Waals surface area contributed by atoms with E-state index >= 15 is 0 Å². The largest absolute Gasteiger partial charge is 0.295 e. The number of aromatic nitrogens is 2. The Kier molecular flexibility index (Phi) is 3.84. The second kappa shape index (κ2) is 5.52. The Hall–Kier alpha value is -2.47. The van der Waals surface area contributed by atoms with Gasteiger partial charge in [-0.25, -0.2) is 4.68 Å². The summed E-state index contributed by atoms with van der Waals surface area (Å²) >= 11 is 0. The van der Waals surface area contributed by atoms with Crippen molar-refractivity contribution < 1.29 is 25.9 Å². The first-order valence-corrected chi connectivity index (χ1v) is 9.67. The molecule has 1 heterocycles. The van der Waals surface area contributed by atoms with Crippen LogP contribution in [-0.2, 0) is 20.2 Å². The van der Waals surface area contributed by atoms with Gasteiger partial charge in [-0.15, -0.1) is 0 Å². The van der Waals surface area contributed by atoms with Crippen molar-refractivity contribution >= 4 is 31.0 Å². The second-order valence-electron chi connectivity index (χ2n) is 5.39. The van der Waals surface area contributed by atoms with Crippen molar-refractivity contribution in [3.05, 3.63) is 52.4 Å². The molecule has 2 aromatic carbocycles. The van der Waals surface area contributed by atoms with Crippen LogP contribution in [0.15, 0.2) is 51.0 Å². The van der Waals surface area contributed by atoms with Crippen LogP contribution in [0.5, 0.6) is 0 Å². The third kappa shape index (κ3) is 3.22. The molecule has 0 aliphatic rings. The fourth-order valence-corrected chi connectivity index (χ4v) is 3.84. The van der Waals surface area contributed by atoms with Crippen molar-refractivity contribution in [2.24, 2.45) is 0 Å². The summed E-state index contributed by atoms with van der Waals surface area (Å²) in [6.07, 6.45) is 0. The SMILES string of the molecule is Cc1cc(=O)n(-c2ccc3cc(S(=O)(=O)O)cc(S(=O)(=O)O)c3c2)[nH]1. The molecule has 0 saturated carbocycles. The number of nitrogens with zero attached hydrogens (tertiary/aromatic N) is 1. The highest BCUT2D eigenvalue weighted by Crippen LogP contribution is 2.28. The van der Waals surface area contributed by atoms with Crippen molar-refractivity contribution in [3.63, 3.8) is 0 Å². The second-order valence-corrected chi connectivity index (χ2v) is 8.20. The first-order chi connectivity index (χ1) is 11.5. The van der Waals surface area contributed by atoms with Gasteiger partial charge < -0.3 is 0 Å². The van der Waals surface area contributed by atoms with Crippen molar-refractivity contribution in [2.75, 3.05) is 0 Å². The zero-order valence-corrected chi connectivity index (χ0v) is 14.3. The summed E-state index contributed by atoms with van der Waals surface area (Å²) < 4.78 is 65.7. The third-order valence-electron chi connectivity index (χ3n) is 3.56. The van der Waals surface area contributed by atoms with E-state index in [1.54, 1.807) is 6.92 Å². The molecule has 132 valence electrons. The maximum atomic E-state index is 11.9. The topological polar surface area (TPSA) is 147 Å². The maximum Gasteiger partial charge on any atom is 0.295 e. The normalized spacial score (nSPS) is 12.6. The van der Waals surface area contributed by atoms with Crippen LogP contribution in [0, 0.1) is 6.92 Å². The van der Waals surface area contributed by atoms with Crippen LogP contribution in [-0.4, -0.2) is 35.7 Å². The fraction of sp³-hybridized carbons (Fsp3) is 0.0714. The van der Waals surface area contributed by atoms with E-state index in [2.05, 4.69) is 5.10 Å². The summed E-state index contributed by atoms with van der Waals surface area (Å²) in [6, 6.07) is 7.20. The third-order valence-corrected chi connectivity index (χ3v) is 5.28. The zero-order chi connectivity index (χ0) is 18.6. The number of fused-ring (bicyclic) bond motifs is 1. The maximum absolute atomic E-state index is 11.9. The van der Waals surface area contributed by atoms with Crippen LogP contribution in [0.1, 0.15) is 5.69 Å². The lowest BCUT2D eigenvalue weighted by Gasteiger charge is -2.09. The molecule has 3 rings (SSSR count). The predicted octanol–water partition coefficient (Wildman–Crippen LogP) is 1.12. The average molecular weight is 384 g/mol. The molecule has 0 bridgehead atoms. The number of hydrogen-bond acceptors (Lipinski definition) is 5. The lowest BCUT2D eigenvalue weighted by Crippen LogP contribution is -2.13. The van der Waals surface area contributed by atoms with Gasteiger partial charge in [-0.2, -0.15) is 16.8 Å². The van der Waals surface area contributed by atoms with Gasteiger partial charge in [0.05, 0.1) is 10.6 Å². The molecule has 0 spiro atoms. The average Bonchev–Trinajstić information content (AvgIpc) is 2.82. The summed E-state index contributed by atoms with van der Waals surface area (Å²) in [5.41, 5.74) is 0.497. The highest BCUT2D eigenvalue weighted by atomic mass is 32.2. The van der Waals surface area contributed by atoms with Gasteiger partial charge in [-0.1, -0.05) is 6.07 Å². The summed E-state index contributed by atoms with van der Waals surface area (Å²) in [6.45, 7) is 1.67. The standard InChI is InChI=1S/C14H12N2O7S2/c1-8-4-14(17)16(15-8)10-3-2-9-5-11(24(18,19)20)7-13(12(9)6-10)25(21,22)23/h2-7,15H,1H3,(H,18,19,20)(H,21,22,23). The molecule has 11 heteroatoms. The highest BCUT2D eigenvalue weighted by Gasteiger charge is 2.21. The Morgan fingerprint density at radius 3 is 2.16 bits per heavy atom. The number of H-pyrrole nitrogens is 1. The van der Waals surface area contributed by atoms with E-state index in [9.17, 15) is 26.2 Å². The van der Waals surface area contributed by atoms with Gasteiger partial charge in [0.1, 0.15) is 4.90 Å². The van der Waals surface area contributed by atoms with Crippen molar-refractivity contribution in [2.45, 2.75) is 16.7 Å².